The molecule has 0 bridgehead atoms. The second-order valence-electron chi connectivity index (χ2n) is 6.90. The highest BCUT2D eigenvalue weighted by molar-refractivity contribution is 7.15. The van der Waals surface area contributed by atoms with Crippen molar-refractivity contribution in [1.29, 1.82) is 0 Å². The van der Waals surface area contributed by atoms with Gasteiger partial charge in [0.05, 0.1) is 27.0 Å². The molecule has 5 nitrogen and oxygen atoms in total. The summed E-state index contributed by atoms with van der Waals surface area (Å²) in [5.41, 5.74) is 3.07. The summed E-state index contributed by atoms with van der Waals surface area (Å²) < 4.78 is 28.4. The molecule has 0 fully saturated rings. The van der Waals surface area contributed by atoms with Crippen LogP contribution in [0.1, 0.15) is 10.6 Å². The van der Waals surface area contributed by atoms with Gasteiger partial charge in [0.1, 0.15) is 11.6 Å². The van der Waals surface area contributed by atoms with Crippen LogP contribution in [0.15, 0.2) is 60.9 Å². The van der Waals surface area contributed by atoms with E-state index in [4.69, 9.17) is 0 Å². The first-order valence-electron chi connectivity index (χ1n) is 9.42. The molecule has 0 saturated heterocycles. The average molecular weight is 436 g/mol. The molecule has 4 aromatic rings. The first-order chi connectivity index (χ1) is 14.9. The highest BCUT2D eigenvalue weighted by Crippen LogP contribution is 2.37. The van der Waals surface area contributed by atoms with Crippen LogP contribution < -0.4 is 10.6 Å². The summed E-state index contributed by atoms with van der Waals surface area (Å²) >= 11 is 1.47. The van der Waals surface area contributed by atoms with Crippen LogP contribution in [0.2, 0.25) is 0 Å². The van der Waals surface area contributed by atoms with Crippen molar-refractivity contribution < 1.29 is 13.6 Å². The summed E-state index contributed by atoms with van der Waals surface area (Å²) in [5.74, 6) is -1.17. The lowest BCUT2D eigenvalue weighted by Crippen LogP contribution is -2.20. The molecule has 0 spiro atoms. The molecule has 4 rings (SSSR count). The van der Waals surface area contributed by atoms with Crippen molar-refractivity contribution in [2.24, 2.45) is 0 Å². The molecule has 2 amide bonds. The molecular formula is C23H18F2N4OS. The zero-order valence-corrected chi connectivity index (χ0v) is 17.6. The molecule has 2 aromatic carbocycles. The third kappa shape index (κ3) is 4.59. The minimum Gasteiger partial charge on any atom is -0.305 e. The van der Waals surface area contributed by atoms with Crippen LogP contribution in [0.4, 0.5) is 25.0 Å². The Kier molecular flexibility index (Phi) is 5.73. The Bertz CT molecular complexity index is 1260. The first-order valence-corrected chi connectivity index (χ1v) is 10.2. The van der Waals surface area contributed by atoms with Crippen LogP contribution in [0, 0.1) is 25.5 Å². The average Bonchev–Trinajstić information content (AvgIpc) is 3.14. The Morgan fingerprint density at radius 2 is 1.61 bits per heavy atom. The van der Waals surface area contributed by atoms with E-state index in [-0.39, 0.29) is 11.4 Å². The van der Waals surface area contributed by atoms with Crippen molar-refractivity contribution in [2.45, 2.75) is 13.8 Å². The van der Waals surface area contributed by atoms with Gasteiger partial charge in [0, 0.05) is 18.0 Å². The molecule has 8 heteroatoms. The Hall–Kier alpha value is -3.65. The van der Waals surface area contributed by atoms with Crippen LogP contribution in [0.3, 0.4) is 0 Å². The summed E-state index contributed by atoms with van der Waals surface area (Å²) in [6, 6.07) is 11.9. The molecule has 0 aliphatic rings. The van der Waals surface area contributed by atoms with Gasteiger partial charge in [0.2, 0.25) is 0 Å². The SMILES string of the molecule is Cc1ccc(NC(=O)Nc2cc(-c3sc(C)nc3-c3ccncc3)ccc2F)c(F)c1. The Morgan fingerprint density at radius 1 is 0.871 bits per heavy atom. The number of thiazole rings is 1. The molecule has 0 aliphatic carbocycles. The lowest BCUT2D eigenvalue weighted by atomic mass is 10.1. The van der Waals surface area contributed by atoms with Gasteiger partial charge in [-0.1, -0.05) is 12.1 Å². The molecule has 0 unspecified atom stereocenters. The number of aromatic nitrogens is 2. The van der Waals surface area contributed by atoms with E-state index in [1.807, 2.05) is 19.1 Å². The Morgan fingerprint density at radius 3 is 2.35 bits per heavy atom. The highest BCUT2D eigenvalue weighted by atomic mass is 32.1. The van der Waals surface area contributed by atoms with Gasteiger partial charge in [0.15, 0.2) is 0 Å². The molecule has 0 saturated carbocycles. The maximum Gasteiger partial charge on any atom is 0.323 e. The number of nitrogens with zero attached hydrogens (tertiary/aromatic N) is 2. The van der Waals surface area contributed by atoms with Gasteiger partial charge in [-0.05, 0) is 61.4 Å². The fourth-order valence-electron chi connectivity index (χ4n) is 3.09. The quantitative estimate of drug-likeness (QED) is 0.388. The zero-order chi connectivity index (χ0) is 22.0. The van der Waals surface area contributed by atoms with Gasteiger partial charge < -0.3 is 10.6 Å². The predicted octanol–water partition coefficient (Wildman–Crippen LogP) is 6.41. The van der Waals surface area contributed by atoms with E-state index in [1.165, 1.54) is 35.6 Å². The van der Waals surface area contributed by atoms with Crippen LogP contribution in [-0.4, -0.2) is 16.0 Å². The smallest absolute Gasteiger partial charge is 0.305 e. The van der Waals surface area contributed by atoms with E-state index in [9.17, 15) is 13.6 Å². The zero-order valence-electron chi connectivity index (χ0n) is 16.7. The lowest BCUT2D eigenvalue weighted by Gasteiger charge is -2.11. The van der Waals surface area contributed by atoms with Crippen LogP contribution >= 0.6 is 11.3 Å². The number of carbonyl (C=O) groups is 1. The molecule has 156 valence electrons. The molecule has 31 heavy (non-hydrogen) atoms. The summed E-state index contributed by atoms with van der Waals surface area (Å²) in [4.78, 5) is 21.8. The highest BCUT2D eigenvalue weighted by Gasteiger charge is 2.16. The number of urea groups is 1. The number of pyridine rings is 1. The maximum absolute atomic E-state index is 14.4. The third-order valence-corrected chi connectivity index (χ3v) is 5.56. The number of amides is 2. The predicted molar refractivity (Wildman–Crippen MR) is 119 cm³/mol. The maximum atomic E-state index is 14.4. The van der Waals surface area contributed by atoms with Crippen LogP contribution in [0.5, 0.6) is 0 Å². The number of hydrogen-bond acceptors (Lipinski definition) is 4. The van der Waals surface area contributed by atoms with Gasteiger partial charge in [-0.25, -0.2) is 18.6 Å². The van der Waals surface area contributed by atoms with Crippen molar-refractivity contribution in [2.75, 3.05) is 10.6 Å². The molecule has 0 aliphatic heterocycles. The number of nitrogens with one attached hydrogen (secondary N) is 2. The van der Waals surface area contributed by atoms with E-state index < -0.39 is 17.7 Å². The Labute approximate surface area is 181 Å². The van der Waals surface area contributed by atoms with Crippen molar-refractivity contribution in [3.05, 3.63) is 83.1 Å². The normalized spacial score (nSPS) is 10.7. The second kappa shape index (κ2) is 8.61. The third-order valence-electron chi connectivity index (χ3n) is 4.54. The molecule has 2 heterocycles. The summed E-state index contributed by atoms with van der Waals surface area (Å²) in [6.45, 7) is 3.64. The fourth-order valence-corrected chi connectivity index (χ4v) is 4.03. The minimum absolute atomic E-state index is 0.0118. The summed E-state index contributed by atoms with van der Waals surface area (Å²) in [7, 11) is 0. The number of rotatable bonds is 4. The van der Waals surface area contributed by atoms with Gasteiger partial charge >= 0.3 is 6.03 Å². The monoisotopic (exact) mass is 436 g/mol. The fraction of sp³-hybridized carbons (Fsp3) is 0.0870. The van der Waals surface area contributed by atoms with Crippen molar-refractivity contribution in [1.82, 2.24) is 9.97 Å². The first kappa shape index (κ1) is 20.6. The van der Waals surface area contributed by atoms with Gasteiger partial charge in [0.25, 0.3) is 0 Å². The topological polar surface area (TPSA) is 66.9 Å². The second-order valence-corrected chi connectivity index (χ2v) is 8.11. The molecule has 2 N–H and O–H groups in total. The van der Waals surface area contributed by atoms with Gasteiger partial charge in [-0.3, -0.25) is 4.98 Å². The van der Waals surface area contributed by atoms with Crippen molar-refractivity contribution in [3.8, 4) is 21.7 Å². The molecule has 0 radical (unpaired) electrons. The minimum atomic E-state index is -0.742. The summed E-state index contributed by atoms with van der Waals surface area (Å²) in [6.07, 6.45) is 3.36. The van der Waals surface area contributed by atoms with E-state index in [2.05, 4.69) is 20.6 Å². The van der Waals surface area contributed by atoms with E-state index >= 15 is 0 Å². The van der Waals surface area contributed by atoms with Gasteiger partial charge in [-0.2, -0.15) is 0 Å². The van der Waals surface area contributed by atoms with E-state index in [0.29, 0.717) is 5.56 Å². The number of benzene rings is 2. The van der Waals surface area contributed by atoms with Crippen molar-refractivity contribution >= 4 is 28.7 Å². The Balaban J connectivity index is 1.62. The molecule has 2 aromatic heterocycles. The standard InChI is InChI=1S/C23H18F2N4OS/c1-13-3-6-19(18(25)11-13)28-23(30)29-20-12-16(4-5-17(20)24)22-21(27-14(2)31-22)15-7-9-26-10-8-15/h3-12H,1-2H3,(H2,28,29,30). The van der Waals surface area contributed by atoms with E-state index in [1.54, 1.807) is 31.5 Å². The largest absolute Gasteiger partial charge is 0.323 e. The van der Waals surface area contributed by atoms with Gasteiger partial charge in [-0.15, -0.1) is 11.3 Å². The van der Waals surface area contributed by atoms with Crippen LogP contribution in [-0.2, 0) is 0 Å². The number of anilines is 2. The molecular weight excluding hydrogens is 418 g/mol. The van der Waals surface area contributed by atoms with Crippen molar-refractivity contribution in [3.63, 3.8) is 0 Å². The number of aryl methyl sites for hydroxylation is 2. The number of carbonyl (C=O) groups excluding carboxylic acids is 1. The number of halogens is 2. The van der Waals surface area contributed by atoms with Crippen LogP contribution in [0.25, 0.3) is 21.7 Å². The molecule has 0 atom stereocenters. The number of hydrogen-bond donors (Lipinski definition) is 2. The van der Waals surface area contributed by atoms with E-state index in [0.717, 1.165) is 26.7 Å². The summed E-state index contributed by atoms with van der Waals surface area (Å²) in [5, 5.41) is 5.72. The lowest BCUT2D eigenvalue weighted by molar-refractivity contribution is 0.262.